The Morgan fingerprint density at radius 3 is 2.84 bits per heavy atom. The Balaban J connectivity index is 1.78. The van der Waals surface area contributed by atoms with Crippen LogP contribution >= 0.6 is 11.3 Å². The minimum absolute atomic E-state index is 0.828. The van der Waals surface area contributed by atoms with Crippen LogP contribution in [0, 0.1) is 0 Å². The number of hydrogen-bond donors (Lipinski definition) is 0. The summed E-state index contributed by atoms with van der Waals surface area (Å²) in [4.78, 5) is 10.2. The maximum absolute atomic E-state index is 4.56. The van der Waals surface area contributed by atoms with Gasteiger partial charge in [0.05, 0.1) is 16.5 Å². The highest BCUT2D eigenvalue weighted by Gasteiger charge is 2.36. The average Bonchev–Trinajstić information content (AvgIpc) is 3.29. The van der Waals surface area contributed by atoms with Crippen LogP contribution in [0.15, 0.2) is 67.1 Å². The van der Waals surface area contributed by atoms with Gasteiger partial charge >= 0.3 is 0 Å². The second kappa shape index (κ2) is 4.74. The molecule has 0 spiro atoms. The zero-order chi connectivity index (χ0) is 16.4. The lowest BCUT2D eigenvalue weighted by Crippen LogP contribution is -2.30. The van der Waals surface area contributed by atoms with E-state index >= 15 is 0 Å². The summed E-state index contributed by atoms with van der Waals surface area (Å²) < 4.78 is 4.74. The van der Waals surface area contributed by atoms with Gasteiger partial charge in [0, 0.05) is 24.3 Å². The van der Waals surface area contributed by atoms with Crippen molar-refractivity contribution >= 4 is 32.6 Å². The molecule has 0 radical (unpaired) electrons. The number of aromatic nitrogens is 4. The van der Waals surface area contributed by atoms with Gasteiger partial charge in [-0.05, 0) is 41.7 Å². The molecule has 0 aliphatic carbocycles. The molecule has 5 heteroatoms. The fourth-order valence-corrected chi connectivity index (χ4v) is 5.15. The zero-order valence-corrected chi connectivity index (χ0v) is 14.1. The van der Waals surface area contributed by atoms with E-state index in [0.717, 1.165) is 12.2 Å². The Kier molecular flexibility index (Phi) is 2.51. The second-order valence-electron chi connectivity index (χ2n) is 6.21. The molecule has 4 nitrogen and oxygen atoms in total. The third kappa shape index (κ3) is 1.68. The van der Waals surface area contributed by atoms with E-state index in [1.165, 1.54) is 37.5 Å². The number of pyridine rings is 2. The number of benzene rings is 1. The molecule has 1 aliphatic rings. The zero-order valence-electron chi connectivity index (χ0n) is 13.3. The maximum atomic E-state index is 4.56. The molecule has 1 aromatic carbocycles. The topological polar surface area (TPSA) is 34.6 Å². The minimum Gasteiger partial charge on any atom is -0.295 e. The lowest BCUT2D eigenvalue weighted by Gasteiger charge is -2.04. The van der Waals surface area contributed by atoms with Crippen LogP contribution in [0.25, 0.3) is 37.5 Å². The van der Waals surface area contributed by atoms with Gasteiger partial charge in [-0.25, -0.2) is 0 Å². The van der Waals surface area contributed by atoms with Gasteiger partial charge in [0.2, 0.25) is 0 Å². The van der Waals surface area contributed by atoms with Crippen LogP contribution in [0.2, 0.25) is 0 Å². The highest BCUT2D eigenvalue weighted by molar-refractivity contribution is 7.21. The molecule has 118 valence electrons. The quantitative estimate of drug-likeness (QED) is 0.424. The second-order valence-corrected chi connectivity index (χ2v) is 7.19. The third-order valence-electron chi connectivity index (χ3n) is 4.85. The van der Waals surface area contributed by atoms with Crippen molar-refractivity contribution in [3.63, 3.8) is 0 Å². The van der Waals surface area contributed by atoms with Crippen molar-refractivity contribution in [1.82, 2.24) is 14.5 Å². The molecule has 0 atom stereocenters. The van der Waals surface area contributed by atoms with Crippen molar-refractivity contribution < 1.29 is 4.57 Å². The van der Waals surface area contributed by atoms with Crippen molar-refractivity contribution in [3.05, 3.63) is 72.8 Å². The Labute approximate surface area is 147 Å². The number of nitrogens with zero attached hydrogens (tertiary/aromatic N) is 4. The van der Waals surface area contributed by atoms with Crippen LogP contribution in [-0.4, -0.2) is 14.5 Å². The molecule has 5 heterocycles. The Morgan fingerprint density at radius 1 is 1.00 bits per heavy atom. The van der Waals surface area contributed by atoms with Crippen LogP contribution in [0.3, 0.4) is 0 Å². The summed E-state index contributed by atoms with van der Waals surface area (Å²) in [5.41, 5.74) is 6.03. The Bertz CT molecular complexity index is 1270. The van der Waals surface area contributed by atoms with Gasteiger partial charge in [0.15, 0.2) is 11.4 Å². The molecule has 0 bridgehead atoms. The predicted molar refractivity (Wildman–Crippen MR) is 99.0 cm³/mol. The first-order valence-electron chi connectivity index (χ1n) is 8.22. The highest BCUT2D eigenvalue weighted by atomic mass is 32.1. The largest absolute Gasteiger partial charge is 0.295 e. The predicted octanol–water partition coefficient (Wildman–Crippen LogP) is 3.95. The van der Waals surface area contributed by atoms with E-state index in [1.54, 1.807) is 0 Å². The normalized spacial score (nSPS) is 12.6. The smallest absolute Gasteiger partial charge is 0.274 e. The van der Waals surface area contributed by atoms with Gasteiger partial charge in [0.1, 0.15) is 5.69 Å². The molecule has 0 fully saturated rings. The van der Waals surface area contributed by atoms with Gasteiger partial charge in [-0.15, -0.1) is 0 Å². The highest BCUT2D eigenvalue weighted by Crippen LogP contribution is 2.40. The van der Waals surface area contributed by atoms with Crippen LogP contribution in [-0.2, 0) is 6.54 Å². The van der Waals surface area contributed by atoms with E-state index in [9.17, 15) is 0 Å². The van der Waals surface area contributed by atoms with E-state index in [4.69, 9.17) is 0 Å². The first-order chi connectivity index (χ1) is 12.4. The van der Waals surface area contributed by atoms with Crippen LogP contribution in [0.1, 0.15) is 5.69 Å². The van der Waals surface area contributed by atoms with E-state index in [2.05, 4.69) is 61.6 Å². The van der Waals surface area contributed by atoms with Crippen LogP contribution in [0.5, 0.6) is 0 Å². The molecule has 0 saturated carbocycles. The molecule has 0 unspecified atom stereocenters. The Morgan fingerprint density at radius 2 is 1.92 bits per heavy atom. The summed E-state index contributed by atoms with van der Waals surface area (Å²) in [7, 11) is 0. The third-order valence-corrected chi connectivity index (χ3v) is 6.05. The van der Waals surface area contributed by atoms with Gasteiger partial charge in [-0.3, -0.25) is 14.5 Å². The van der Waals surface area contributed by atoms with Crippen molar-refractivity contribution in [2.24, 2.45) is 0 Å². The lowest BCUT2D eigenvalue weighted by atomic mass is 10.2. The number of rotatable bonds is 1. The first kappa shape index (κ1) is 13.3. The standard InChI is InChI=1S/C20H13N4S/c1-2-5-13(6-3-1)24-17-8-10-21-11-15(17)18-20(24)25-19-14-7-4-9-22-16(14)12-23(18)19/h1-11H,12H2/q+1. The molecule has 5 aromatic rings. The van der Waals surface area contributed by atoms with Crippen molar-refractivity contribution in [2.45, 2.75) is 6.54 Å². The van der Waals surface area contributed by atoms with Crippen molar-refractivity contribution in [3.8, 4) is 16.3 Å². The number of thiazole rings is 1. The SMILES string of the molecule is c1ccc(-n2c3ccncc3c3c2sc2[n+]3Cc3ncccc3-2)cc1. The molecular formula is C20H13N4S+. The molecule has 0 N–H and O–H groups in total. The van der Waals surface area contributed by atoms with Gasteiger partial charge in [-0.2, -0.15) is 4.57 Å². The molecular weight excluding hydrogens is 328 g/mol. The van der Waals surface area contributed by atoms with E-state index in [-0.39, 0.29) is 0 Å². The number of hydrogen-bond acceptors (Lipinski definition) is 3. The number of para-hydroxylation sites is 1. The minimum atomic E-state index is 0.828. The summed E-state index contributed by atoms with van der Waals surface area (Å²) in [6.45, 7) is 0.828. The summed E-state index contributed by atoms with van der Waals surface area (Å²) >= 11 is 1.83. The van der Waals surface area contributed by atoms with E-state index < -0.39 is 0 Å². The van der Waals surface area contributed by atoms with Crippen molar-refractivity contribution in [1.29, 1.82) is 0 Å². The van der Waals surface area contributed by atoms with Gasteiger partial charge in [0.25, 0.3) is 10.5 Å². The van der Waals surface area contributed by atoms with Crippen LogP contribution < -0.4 is 4.57 Å². The molecule has 4 aromatic heterocycles. The molecule has 1 aliphatic heterocycles. The van der Waals surface area contributed by atoms with Crippen LogP contribution in [0.4, 0.5) is 0 Å². The first-order valence-corrected chi connectivity index (χ1v) is 9.04. The molecule has 0 amide bonds. The van der Waals surface area contributed by atoms with Gasteiger partial charge in [-0.1, -0.05) is 18.2 Å². The number of fused-ring (bicyclic) bond motifs is 7. The summed E-state index contributed by atoms with van der Waals surface area (Å²) in [6, 6.07) is 16.8. The fourth-order valence-electron chi connectivity index (χ4n) is 3.79. The Hall–Kier alpha value is -3.05. The van der Waals surface area contributed by atoms with Gasteiger partial charge < -0.3 is 0 Å². The molecule has 0 saturated heterocycles. The average molecular weight is 341 g/mol. The van der Waals surface area contributed by atoms with Crippen molar-refractivity contribution in [2.75, 3.05) is 0 Å². The maximum Gasteiger partial charge on any atom is 0.274 e. The monoisotopic (exact) mass is 341 g/mol. The lowest BCUT2D eigenvalue weighted by molar-refractivity contribution is -0.641. The summed E-state index contributed by atoms with van der Waals surface area (Å²) in [5.74, 6) is 0. The summed E-state index contributed by atoms with van der Waals surface area (Å²) in [5, 5.41) is 2.47. The fraction of sp³-hybridized carbons (Fsp3) is 0.0500. The van der Waals surface area contributed by atoms with E-state index in [1.807, 2.05) is 36.0 Å². The summed E-state index contributed by atoms with van der Waals surface area (Å²) in [6.07, 6.45) is 5.72. The molecule has 6 rings (SSSR count). The molecule has 25 heavy (non-hydrogen) atoms. The van der Waals surface area contributed by atoms with E-state index in [0.29, 0.717) is 0 Å².